The van der Waals surface area contributed by atoms with Gasteiger partial charge in [0.15, 0.2) is 0 Å². The maximum absolute atomic E-state index is 13.0. The number of carboxylic acids is 1. The molecule has 1 aliphatic rings. The maximum atomic E-state index is 13.0. The molecule has 6 nitrogen and oxygen atoms in total. The summed E-state index contributed by atoms with van der Waals surface area (Å²) < 4.78 is 1.61. The first-order chi connectivity index (χ1) is 14.3. The van der Waals surface area contributed by atoms with Gasteiger partial charge in [0.1, 0.15) is 0 Å². The van der Waals surface area contributed by atoms with Gasteiger partial charge in [0.2, 0.25) is 5.69 Å². The smallest absolute Gasteiger partial charge is 0.360 e. The highest BCUT2D eigenvalue weighted by Gasteiger charge is 2.31. The van der Waals surface area contributed by atoms with E-state index in [1.807, 2.05) is 19.1 Å². The van der Waals surface area contributed by atoms with E-state index in [1.165, 1.54) is 0 Å². The molecule has 2 heterocycles. The Balaban J connectivity index is 1.94. The lowest BCUT2D eigenvalue weighted by atomic mass is 10.0. The predicted molar refractivity (Wildman–Crippen MR) is 119 cm³/mol. The minimum absolute atomic E-state index is 0.148. The summed E-state index contributed by atoms with van der Waals surface area (Å²) in [6, 6.07) is 7.63. The molecule has 3 rings (SSSR count). The summed E-state index contributed by atoms with van der Waals surface area (Å²) in [6.07, 6.45) is 3.91. The summed E-state index contributed by atoms with van der Waals surface area (Å²) in [4.78, 5) is 31.1. The summed E-state index contributed by atoms with van der Waals surface area (Å²) in [5.41, 5.74) is 0.248. The van der Waals surface area contributed by atoms with E-state index in [0.29, 0.717) is 23.0 Å². The first-order valence-electron chi connectivity index (χ1n) is 10.8. The molecule has 1 N–H and O–H groups in total. The van der Waals surface area contributed by atoms with E-state index in [-0.39, 0.29) is 12.1 Å². The Kier molecular flexibility index (Phi) is 6.94. The topological polar surface area (TPSA) is 75.4 Å². The van der Waals surface area contributed by atoms with Crippen molar-refractivity contribution < 1.29 is 9.90 Å². The average Bonchev–Trinajstić information content (AvgIpc) is 3.15. The molecular weight excluding hydrogens is 378 g/mol. The van der Waals surface area contributed by atoms with Gasteiger partial charge in [-0.05, 0) is 51.3 Å². The third-order valence-electron chi connectivity index (χ3n) is 5.80. The zero-order valence-electron chi connectivity index (χ0n) is 18.3. The van der Waals surface area contributed by atoms with Crippen molar-refractivity contribution in [1.82, 2.24) is 14.5 Å². The van der Waals surface area contributed by atoms with Crippen molar-refractivity contribution in [1.29, 1.82) is 0 Å². The van der Waals surface area contributed by atoms with E-state index in [0.717, 1.165) is 32.2 Å². The highest BCUT2D eigenvalue weighted by Crippen LogP contribution is 2.29. The van der Waals surface area contributed by atoms with E-state index in [9.17, 15) is 14.7 Å². The van der Waals surface area contributed by atoms with Gasteiger partial charge in [-0.1, -0.05) is 44.7 Å². The van der Waals surface area contributed by atoms with Crippen molar-refractivity contribution in [2.24, 2.45) is 5.92 Å². The molecule has 1 unspecified atom stereocenters. The predicted octanol–water partition coefficient (Wildman–Crippen LogP) is 3.95. The van der Waals surface area contributed by atoms with Crippen LogP contribution in [-0.2, 0) is 0 Å². The van der Waals surface area contributed by atoms with Crippen molar-refractivity contribution in [3.8, 4) is 11.8 Å². The molecule has 0 radical (unpaired) electrons. The van der Waals surface area contributed by atoms with Gasteiger partial charge in [-0.3, -0.25) is 9.69 Å². The molecule has 30 heavy (non-hydrogen) atoms. The zero-order chi connectivity index (χ0) is 21.8. The van der Waals surface area contributed by atoms with Crippen LogP contribution in [0, 0.1) is 17.8 Å². The van der Waals surface area contributed by atoms with Crippen molar-refractivity contribution in [3.63, 3.8) is 0 Å². The highest BCUT2D eigenvalue weighted by atomic mass is 16.4. The van der Waals surface area contributed by atoms with Crippen molar-refractivity contribution in [3.05, 3.63) is 40.3 Å². The number of rotatable bonds is 6. The van der Waals surface area contributed by atoms with Crippen LogP contribution in [0.1, 0.15) is 69.9 Å². The van der Waals surface area contributed by atoms with E-state index in [1.54, 1.807) is 16.7 Å². The van der Waals surface area contributed by atoms with Gasteiger partial charge in [0.25, 0.3) is 5.56 Å². The number of carboxylic acid groups (broad SMARTS) is 1. The number of nitrogens with zero attached hydrogens (tertiary/aromatic N) is 3. The Morgan fingerprint density at radius 1 is 1.27 bits per heavy atom. The molecule has 1 saturated heterocycles. The molecule has 6 heteroatoms. The summed E-state index contributed by atoms with van der Waals surface area (Å²) in [7, 11) is 0. The van der Waals surface area contributed by atoms with Gasteiger partial charge in [0.05, 0.1) is 17.1 Å². The van der Waals surface area contributed by atoms with Crippen LogP contribution in [0.4, 0.5) is 0 Å². The molecule has 2 aromatic rings. The molecular formula is C24H31N3O3. The van der Waals surface area contributed by atoms with Crippen LogP contribution in [0.5, 0.6) is 0 Å². The molecule has 1 aromatic heterocycles. The number of hydrogen-bond donors (Lipinski definition) is 1. The van der Waals surface area contributed by atoms with Crippen molar-refractivity contribution in [2.45, 2.75) is 71.5 Å². The molecule has 0 aliphatic carbocycles. The third kappa shape index (κ3) is 4.57. The fourth-order valence-electron chi connectivity index (χ4n) is 4.43. The first-order valence-corrected chi connectivity index (χ1v) is 10.8. The van der Waals surface area contributed by atoms with Crippen LogP contribution in [0.15, 0.2) is 29.1 Å². The zero-order valence-corrected chi connectivity index (χ0v) is 18.3. The quantitative estimate of drug-likeness (QED) is 0.731. The third-order valence-corrected chi connectivity index (χ3v) is 5.80. The van der Waals surface area contributed by atoms with E-state index in [4.69, 9.17) is 0 Å². The SMILES string of the molecule is CCC(C#CC(C)C)N1CCC[C@H]1C[C@H](C)n1c(=O)c(C(=O)O)nc2ccccc21. The number of hydrogen-bond acceptors (Lipinski definition) is 4. The normalized spacial score (nSPS) is 18.9. The van der Waals surface area contributed by atoms with E-state index < -0.39 is 17.2 Å². The van der Waals surface area contributed by atoms with Crippen molar-refractivity contribution in [2.75, 3.05) is 6.54 Å². The molecule has 3 atom stereocenters. The van der Waals surface area contributed by atoms with Crippen LogP contribution in [-0.4, -0.2) is 44.2 Å². The van der Waals surface area contributed by atoms with Gasteiger partial charge >= 0.3 is 5.97 Å². The fourth-order valence-corrected chi connectivity index (χ4v) is 4.43. The Hall–Kier alpha value is -2.65. The lowest BCUT2D eigenvalue weighted by Crippen LogP contribution is -2.40. The second kappa shape index (κ2) is 9.44. The number of benzene rings is 1. The fraction of sp³-hybridized carbons (Fsp3) is 0.542. The Morgan fingerprint density at radius 3 is 2.67 bits per heavy atom. The number of fused-ring (bicyclic) bond motifs is 1. The molecule has 1 fully saturated rings. The van der Waals surface area contributed by atoms with Crippen LogP contribution in [0.2, 0.25) is 0 Å². The second-order valence-corrected chi connectivity index (χ2v) is 8.42. The molecule has 0 bridgehead atoms. The summed E-state index contributed by atoms with van der Waals surface area (Å²) in [5.74, 6) is 5.81. The number of para-hydroxylation sites is 2. The number of likely N-dealkylation sites (tertiary alicyclic amines) is 1. The first kappa shape index (κ1) is 22.0. The van der Waals surface area contributed by atoms with Crippen LogP contribution < -0.4 is 5.56 Å². The van der Waals surface area contributed by atoms with Crippen molar-refractivity contribution >= 4 is 17.0 Å². The highest BCUT2D eigenvalue weighted by molar-refractivity contribution is 5.88. The molecule has 1 aliphatic heterocycles. The molecule has 1 aromatic carbocycles. The van der Waals surface area contributed by atoms with Gasteiger partial charge in [0, 0.05) is 18.0 Å². The Bertz CT molecular complexity index is 1030. The average molecular weight is 410 g/mol. The molecule has 0 amide bonds. The Labute approximate surface area is 177 Å². The molecule has 0 saturated carbocycles. The summed E-state index contributed by atoms with van der Waals surface area (Å²) >= 11 is 0. The number of carbonyl (C=O) groups is 1. The van der Waals surface area contributed by atoms with Gasteiger partial charge < -0.3 is 9.67 Å². The number of aromatic carboxylic acids is 1. The van der Waals surface area contributed by atoms with E-state index >= 15 is 0 Å². The standard InChI is InChI=1S/C24H31N3O3/c1-5-18(13-12-16(2)3)26-14-8-9-19(26)15-17(4)27-21-11-7-6-10-20(21)25-22(23(27)28)24(29)30/h6-7,10-11,16-19H,5,8-9,14-15H2,1-4H3,(H,29,30)/t17-,18?,19-/m0/s1. The van der Waals surface area contributed by atoms with Crippen LogP contribution in [0.25, 0.3) is 11.0 Å². The van der Waals surface area contributed by atoms with Crippen LogP contribution >= 0.6 is 0 Å². The largest absolute Gasteiger partial charge is 0.476 e. The van der Waals surface area contributed by atoms with Gasteiger partial charge in [-0.25, -0.2) is 9.78 Å². The van der Waals surface area contributed by atoms with Gasteiger partial charge in [-0.2, -0.15) is 0 Å². The minimum atomic E-state index is -1.29. The lowest BCUT2D eigenvalue weighted by molar-refractivity contribution is 0.0687. The lowest BCUT2D eigenvalue weighted by Gasteiger charge is -2.32. The minimum Gasteiger partial charge on any atom is -0.476 e. The molecule has 160 valence electrons. The monoisotopic (exact) mass is 409 g/mol. The Morgan fingerprint density at radius 2 is 2.00 bits per heavy atom. The molecule has 0 spiro atoms. The second-order valence-electron chi connectivity index (χ2n) is 8.42. The summed E-state index contributed by atoms with van der Waals surface area (Å²) in [6.45, 7) is 9.37. The van der Waals surface area contributed by atoms with Gasteiger partial charge in [-0.15, -0.1) is 0 Å². The van der Waals surface area contributed by atoms with Crippen LogP contribution in [0.3, 0.4) is 0 Å². The van der Waals surface area contributed by atoms with E-state index in [2.05, 4.69) is 42.5 Å². The maximum Gasteiger partial charge on any atom is 0.360 e. The summed E-state index contributed by atoms with van der Waals surface area (Å²) in [5, 5.41) is 9.47. The number of aromatic nitrogens is 2.